The first kappa shape index (κ1) is 28.6. The molecule has 3 saturated carbocycles. The minimum atomic E-state index is -0.392. The summed E-state index contributed by atoms with van der Waals surface area (Å²) in [6.07, 6.45) is 17.1. The van der Waals surface area contributed by atoms with E-state index in [2.05, 4.69) is 40.8 Å². The van der Waals surface area contributed by atoms with Crippen LogP contribution in [0.25, 0.3) is 0 Å². The maximum Gasteiger partial charge on any atom is 0.169 e. The second-order valence-corrected chi connectivity index (χ2v) is 13.6. The molecule has 0 aromatic rings. The summed E-state index contributed by atoms with van der Waals surface area (Å²) in [4.78, 5) is 0. The predicted octanol–water partition coefficient (Wildman–Crippen LogP) is 6.85. The molecule has 39 heavy (non-hydrogen) atoms. The molecule has 0 aromatic carbocycles. The summed E-state index contributed by atoms with van der Waals surface area (Å²) in [7, 11) is 0. The van der Waals surface area contributed by atoms with Crippen LogP contribution in [0.5, 0.6) is 0 Å². The van der Waals surface area contributed by atoms with Crippen molar-refractivity contribution in [1.29, 1.82) is 0 Å². The Kier molecular flexibility index (Phi) is 9.41. The number of halogens is 1. The lowest BCUT2D eigenvalue weighted by molar-refractivity contribution is -0.210. The van der Waals surface area contributed by atoms with E-state index in [0.29, 0.717) is 25.0 Å². The van der Waals surface area contributed by atoms with Crippen LogP contribution in [-0.4, -0.2) is 57.0 Å². The fraction of sp³-hybridized carbons (Fsp3) is 0.875. The third kappa shape index (κ3) is 6.33. The standard InChI is InChI=1S/C32H47BrO6/c1-2-3-6-12-31(13-9-14-31)30(39-29-11-5-8-16-35-29)26(33)20-24-25-22-32(36-17-18-37-32)21-23(25)19-27(24)38-28-10-4-7-15-34-28/h20,23-25,27-30H,2,4-5,7-19,21-22H2,1H3/t23-,24-,25+,27-,28?,29?,30-/m1/s1. The van der Waals surface area contributed by atoms with Gasteiger partial charge in [0.15, 0.2) is 18.4 Å². The smallest absolute Gasteiger partial charge is 0.169 e. The van der Waals surface area contributed by atoms with Gasteiger partial charge in [0, 0.05) is 54.7 Å². The van der Waals surface area contributed by atoms with E-state index >= 15 is 0 Å². The number of hydrogen-bond acceptors (Lipinski definition) is 6. The first-order valence-corrected chi connectivity index (χ1v) is 16.5. The van der Waals surface area contributed by atoms with Crippen LogP contribution in [0.15, 0.2) is 10.6 Å². The lowest BCUT2D eigenvalue weighted by atomic mass is 9.63. The topological polar surface area (TPSA) is 55.4 Å². The summed E-state index contributed by atoms with van der Waals surface area (Å²) in [6, 6.07) is 0. The van der Waals surface area contributed by atoms with Crippen molar-refractivity contribution in [2.45, 2.75) is 127 Å². The molecule has 0 N–H and O–H groups in total. The van der Waals surface area contributed by atoms with Gasteiger partial charge in [-0.2, -0.15) is 0 Å². The van der Waals surface area contributed by atoms with Gasteiger partial charge in [0.1, 0.15) is 0 Å². The largest absolute Gasteiger partial charge is 0.353 e. The highest BCUT2D eigenvalue weighted by Crippen LogP contribution is 2.57. The van der Waals surface area contributed by atoms with E-state index in [9.17, 15) is 0 Å². The fourth-order valence-corrected chi connectivity index (χ4v) is 8.89. The summed E-state index contributed by atoms with van der Waals surface area (Å²) in [5.74, 6) is 7.68. The number of fused-ring (bicyclic) bond motifs is 1. The van der Waals surface area contributed by atoms with E-state index in [1.165, 1.54) is 12.8 Å². The predicted molar refractivity (Wildman–Crippen MR) is 152 cm³/mol. The van der Waals surface area contributed by atoms with Crippen LogP contribution < -0.4 is 0 Å². The Bertz CT molecular complexity index is 903. The van der Waals surface area contributed by atoms with Crippen LogP contribution >= 0.6 is 15.9 Å². The summed E-state index contributed by atoms with van der Waals surface area (Å²) in [6.45, 7) is 5.13. The Labute approximate surface area is 243 Å². The summed E-state index contributed by atoms with van der Waals surface area (Å²) in [5.41, 5.74) is 0.0354. The highest BCUT2D eigenvalue weighted by atomic mass is 79.9. The fourth-order valence-electron chi connectivity index (χ4n) is 7.99. The van der Waals surface area contributed by atoms with Crippen molar-refractivity contribution >= 4 is 15.9 Å². The summed E-state index contributed by atoms with van der Waals surface area (Å²) in [5, 5.41) is 0. The molecule has 3 aliphatic carbocycles. The van der Waals surface area contributed by atoms with Crippen LogP contribution in [0, 0.1) is 35.0 Å². The zero-order chi connectivity index (χ0) is 26.7. The Hall–Kier alpha value is -0.460. The molecule has 1 spiro atoms. The third-order valence-electron chi connectivity index (χ3n) is 10.1. The Morgan fingerprint density at radius 2 is 1.69 bits per heavy atom. The molecule has 0 amide bonds. The van der Waals surface area contributed by atoms with Gasteiger partial charge < -0.3 is 28.4 Å². The average Bonchev–Trinajstić information content (AvgIpc) is 3.62. The van der Waals surface area contributed by atoms with Crippen LogP contribution in [0.2, 0.25) is 0 Å². The molecule has 0 radical (unpaired) electrons. The number of hydrogen-bond donors (Lipinski definition) is 0. The van der Waals surface area contributed by atoms with Crippen molar-refractivity contribution in [3.8, 4) is 11.8 Å². The van der Waals surface area contributed by atoms with Crippen LogP contribution in [0.1, 0.15) is 96.8 Å². The van der Waals surface area contributed by atoms with Crippen molar-refractivity contribution in [2.75, 3.05) is 26.4 Å². The lowest BCUT2D eigenvalue weighted by Gasteiger charge is -2.48. The molecule has 6 aliphatic rings. The van der Waals surface area contributed by atoms with Gasteiger partial charge in [-0.15, -0.1) is 11.8 Å². The Morgan fingerprint density at radius 3 is 2.33 bits per heavy atom. The zero-order valence-corrected chi connectivity index (χ0v) is 25.3. The van der Waals surface area contributed by atoms with Gasteiger partial charge in [0.25, 0.3) is 0 Å². The van der Waals surface area contributed by atoms with Crippen molar-refractivity contribution in [3.63, 3.8) is 0 Å². The molecular weight excluding hydrogens is 560 g/mol. The summed E-state index contributed by atoms with van der Waals surface area (Å²) < 4.78 is 39.2. The third-order valence-corrected chi connectivity index (χ3v) is 10.8. The van der Waals surface area contributed by atoms with Gasteiger partial charge >= 0.3 is 0 Å². The van der Waals surface area contributed by atoms with Crippen molar-refractivity contribution in [3.05, 3.63) is 10.6 Å². The molecule has 7 atom stereocenters. The van der Waals surface area contributed by atoms with E-state index < -0.39 is 5.79 Å². The highest BCUT2D eigenvalue weighted by Gasteiger charge is 2.57. The van der Waals surface area contributed by atoms with Crippen molar-refractivity contribution in [2.24, 2.45) is 23.2 Å². The lowest BCUT2D eigenvalue weighted by Crippen LogP contribution is -2.46. The molecule has 3 aliphatic heterocycles. The molecule has 3 heterocycles. The number of rotatable bonds is 8. The second-order valence-electron chi connectivity index (χ2n) is 12.7. The minimum absolute atomic E-state index is 0.0354. The van der Waals surface area contributed by atoms with E-state index in [1.807, 2.05) is 0 Å². The van der Waals surface area contributed by atoms with E-state index in [1.54, 1.807) is 0 Å². The molecule has 3 saturated heterocycles. The molecule has 0 aromatic heterocycles. The molecule has 2 unspecified atom stereocenters. The van der Waals surface area contributed by atoms with E-state index in [-0.39, 0.29) is 36.1 Å². The van der Waals surface area contributed by atoms with Crippen LogP contribution in [-0.2, 0) is 28.4 Å². The van der Waals surface area contributed by atoms with E-state index in [4.69, 9.17) is 28.4 Å². The van der Waals surface area contributed by atoms with Crippen LogP contribution in [0.3, 0.4) is 0 Å². The van der Waals surface area contributed by atoms with Gasteiger partial charge in [0.2, 0.25) is 0 Å². The van der Waals surface area contributed by atoms with Gasteiger partial charge in [-0.25, -0.2) is 0 Å². The molecule has 6 nitrogen and oxygen atoms in total. The molecular formula is C32H47BrO6. The van der Waals surface area contributed by atoms with Crippen LogP contribution in [0.4, 0.5) is 0 Å². The first-order chi connectivity index (χ1) is 19.1. The monoisotopic (exact) mass is 606 g/mol. The Morgan fingerprint density at radius 1 is 0.949 bits per heavy atom. The van der Waals surface area contributed by atoms with E-state index in [0.717, 1.165) is 94.7 Å². The molecule has 218 valence electrons. The van der Waals surface area contributed by atoms with Gasteiger partial charge in [-0.1, -0.05) is 35.4 Å². The molecule has 7 heteroatoms. The summed E-state index contributed by atoms with van der Waals surface area (Å²) >= 11 is 4.11. The zero-order valence-electron chi connectivity index (χ0n) is 23.7. The molecule has 0 bridgehead atoms. The maximum absolute atomic E-state index is 6.87. The van der Waals surface area contributed by atoms with Gasteiger partial charge in [-0.3, -0.25) is 0 Å². The highest BCUT2D eigenvalue weighted by molar-refractivity contribution is 9.11. The average molecular weight is 608 g/mol. The molecule has 6 rings (SSSR count). The maximum atomic E-state index is 6.87. The Balaban J connectivity index is 1.27. The minimum Gasteiger partial charge on any atom is -0.353 e. The number of ether oxygens (including phenoxy) is 6. The van der Waals surface area contributed by atoms with Gasteiger partial charge in [-0.05, 0) is 69.6 Å². The molecule has 6 fully saturated rings. The normalized spacial score (nSPS) is 38.2. The SMILES string of the molecule is CCC#CCC1([C@H](OC2CCCCO2)C(Br)=C[C@@H]2[C@H]3CC4(C[C@H]3C[C@H]2OC2CCCCO2)OCCO4)CCC1. The quantitative estimate of drug-likeness (QED) is 0.282. The van der Waals surface area contributed by atoms with Gasteiger partial charge in [0.05, 0.1) is 25.4 Å². The van der Waals surface area contributed by atoms with Crippen molar-refractivity contribution in [1.82, 2.24) is 0 Å². The first-order valence-electron chi connectivity index (χ1n) is 15.7. The van der Waals surface area contributed by atoms with Crippen molar-refractivity contribution < 1.29 is 28.4 Å². The second kappa shape index (κ2) is 12.8.